The molecule has 2 aliphatic carbocycles. The van der Waals surface area contributed by atoms with Gasteiger partial charge in [0.25, 0.3) is 0 Å². The largest absolute Gasteiger partial charge is 0.334 e. The number of Topliss-reactive ketones (excluding diaryl/α,β-unsaturated/α-hetero) is 2. The van der Waals surface area contributed by atoms with Crippen molar-refractivity contribution in [1.29, 1.82) is 0 Å². The van der Waals surface area contributed by atoms with Crippen molar-refractivity contribution in [3.63, 3.8) is 0 Å². The van der Waals surface area contributed by atoms with Crippen LogP contribution in [0, 0.1) is 11.8 Å². The maximum atomic E-state index is 13.6. The molecule has 0 radical (unpaired) electrons. The van der Waals surface area contributed by atoms with Crippen LogP contribution in [-0.2, 0) is 25.7 Å². The standard InChI is InChI=1S/C34H38N2O6S/c1-3-31(37)41-35-27(14-11-21-7-5-6-8-21)33(39)23-12-15-29-25(18-23)20-26-19-24(13-16-30(26)43-29)34(40)28(17-22-9-10-22)36-42-32(38)4-2/h12-13,15-16,18-19,21-22H,3-11,14,17,20H2,1-2H3/b35-27+,36-28+. The number of oxime groups is 2. The fraction of sp³-hybridized carbons (Fsp3) is 0.471. The average molecular weight is 603 g/mol. The lowest BCUT2D eigenvalue weighted by Gasteiger charge is -2.20. The van der Waals surface area contributed by atoms with Crippen LogP contribution in [0.3, 0.4) is 0 Å². The normalized spacial score (nSPS) is 16.8. The molecule has 2 fully saturated rings. The van der Waals surface area contributed by atoms with E-state index in [1.807, 2.05) is 30.3 Å². The topological polar surface area (TPSA) is 111 Å². The van der Waals surface area contributed by atoms with Gasteiger partial charge in [-0.2, -0.15) is 0 Å². The molecule has 5 rings (SSSR count). The van der Waals surface area contributed by atoms with Crippen molar-refractivity contribution in [2.75, 3.05) is 0 Å². The quantitative estimate of drug-likeness (QED) is 0.0862. The van der Waals surface area contributed by atoms with E-state index in [0.29, 0.717) is 42.2 Å². The van der Waals surface area contributed by atoms with Crippen molar-refractivity contribution in [3.05, 3.63) is 58.7 Å². The third-order valence-electron chi connectivity index (χ3n) is 8.31. The predicted octanol–water partition coefficient (Wildman–Crippen LogP) is 7.50. The van der Waals surface area contributed by atoms with Gasteiger partial charge in [-0.25, -0.2) is 9.59 Å². The van der Waals surface area contributed by atoms with Crippen molar-refractivity contribution in [2.45, 2.75) is 101 Å². The highest BCUT2D eigenvalue weighted by atomic mass is 32.2. The molecule has 0 bridgehead atoms. The molecule has 43 heavy (non-hydrogen) atoms. The van der Waals surface area contributed by atoms with Gasteiger partial charge in [0.05, 0.1) is 0 Å². The second kappa shape index (κ2) is 14.3. The van der Waals surface area contributed by atoms with Gasteiger partial charge in [-0.1, -0.05) is 61.6 Å². The average Bonchev–Trinajstić information content (AvgIpc) is 3.70. The van der Waals surface area contributed by atoms with Gasteiger partial charge in [0.2, 0.25) is 11.6 Å². The molecule has 8 nitrogen and oxygen atoms in total. The molecule has 0 N–H and O–H groups in total. The Morgan fingerprint density at radius 2 is 1.28 bits per heavy atom. The fourth-order valence-electron chi connectivity index (χ4n) is 5.52. The molecule has 0 atom stereocenters. The van der Waals surface area contributed by atoms with E-state index in [0.717, 1.165) is 53.0 Å². The van der Waals surface area contributed by atoms with Crippen LogP contribution in [0.2, 0.25) is 0 Å². The maximum absolute atomic E-state index is 13.6. The molecular formula is C34H38N2O6S. The summed E-state index contributed by atoms with van der Waals surface area (Å²) in [6.07, 6.45) is 9.58. The molecule has 0 aromatic heterocycles. The van der Waals surface area contributed by atoms with E-state index < -0.39 is 11.9 Å². The third kappa shape index (κ3) is 8.07. The van der Waals surface area contributed by atoms with Crippen molar-refractivity contribution in [1.82, 2.24) is 0 Å². The van der Waals surface area contributed by atoms with E-state index in [2.05, 4.69) is 10.3 Å². The van der Waals surface area contributed by atoms with Crippen molar-refractivity contribution >= 4 is 46.7 Å². The number of carbonyl (C=O) groups is 4. The summed E-state index contributed by atoms with van der Waals surface area (Å²) in [6.45, 7) is 3.38. The highest BCUT2D eigenvalue weighted by Crippen LogP contribution is 2.41. The second-order valence-corrected chi connectivity index (χ2v) is 12.7. The first kappa shape index (κ1) is 30.9. The van der Waals surface area contributed by atoms with E-state index in [1.54, 1.807) is 31.7 Å². The Hall–Kier alpha value is -3.59. The molecule has 2 aromatic rings. The van der Waals surface area contributed by atoms with Crippen LogP contribution >= 0.6 is 11.8 Å². The third-order valence-corrected chi connectivity index (χ3v) is 9.54. The maximum Gasteiger partial charge on any atom is 0.334 e. The van der Waals surface area contributed by atoms with Gasteiger partial charge in [0, 0.05) is 33.8 Å². The van der Waals surface area contributed by atoms with E-state index in [9.17, 15) is 19.2 Å². The zero-order valence-electron chi connectivity index (χ0n) is 24.9. The number of carbonyl (C=O) groups excluding carboxylic acids is 4. The highest BCUT2D eigenvalue weighted by Gasteiger charge is 2.29. The monoisotopic (exact) mass is 602 g/mol. The number of benzene rings is 2. The Kier molecular flexibility index (Phi) is 10.2. The number of nitrogens with zero attached hydrogens (tertiary/aromatic N) is 2. The molecule has 0 saturated heterocycles. The van der Waals surface area contributed by atoms with E-state index in [1.165, 1.54) is 12.8 Å². The molecule has 0 spiro atoms. The van der Waals surface area contributed by atoms with Crippen LogP contribution < -0.4 is 0 Å². The summed E-state index contributed by atoms with van der Waals surface area (Å²) in [5, 5.41) is 7.97. The van der Waals surface area contributed by atoms with E-state index in [4.69, 9.17) is 9.68 Å². The summed E-state index contributed by atoms with van der Waals surface area (Å²) >= 11 is 1.60. The smallest absolute Gasteiger partial charge is 0.318 e. The van der Waals surface area contributed by atoms with Crippen LogP contribution in [-0.4, -0.2) is 34.9 Å². The first-order valence-corrected chi connectivity index (χ1v) is 16.2. The Labute approximate surface area is 256 Å². The molecule has 226 valence electrons. The minimum Gasteiger partial charge on any atom is -0.318 e. The van der Waals surface area contributed by atoms with Crippen molar-refractivity contribution in [3.8, 4) is 0 Å². The summed E-state index contributed by atoms with van der Waals surface area (Å²) in [4.78, 5) is 62.6. The highest BCUT2D eigenvalue weighted by molar-refractivity contribution is 7.99. The van der Waals surface area contributed by atoms with Crippen molar-refractivity contribution in [2.24, 2.45) is 22.1 Å². The Bertz CT molecular complexity index is 1470. The number of hydrogen-bond acceptors (Lipinski definition) is 9. The lowest BCUT2D eigenvalue weighted by Crippen LogP contribution is -2.18. The summed E-state index contributed by atoms with van der Waals surface area (Å²) in [5.74, 6) is -0.433. The summed E-state index contributed by atoms with van der Waals surface area (Å²) in [5.41, 5.74) is 3.52. The Balaban J connectivity index is 1.34. The van der Waals surface area contributed by atoms with Crippen LogP contribution in [0.15, 0.2) is 56.5 Å². The molecular weight excluding hydrogens is 564 g/mol. The number of rotatable bonds is 13. The molecule has 3 aliphatic rings. The zero-order valence-corrected chi connectivity index (χ0v) is 25.7. The number of fused-ring (bicyclic) bond motifs is 2. The van der Waals surface area contributed by atoms with Gasteiger partial charge in [-0.3, -0.25) is 9.59 Å². The zero-order chi connectivity index (χ0) is 30.3. The lowest BCUT2D eigenvalue weighted by molar-refractivity contribution is -0.144. The predicted molar refractivity (Wildman–Crippen MR) is 165 cm³/mol. The van der Waals surface area contributed by atoms with Gasteiger partial charge in [-0.05, 0) is 97.9 Å². The van der Waals surface area contributed by atoms with Crippen LogP contribution in [0.4, 0.5) is 0 Å². The first-order chi connectivity index (χ1) is 20.8. The van der Waals surface area contributed by atoms with E-state index in [-0.39, 0.29) is 35.8 Å². The SMILES string of the molecule is CCC(=O)O/N=C(\CCC1CCCC1)C(=O)c1ccc2c(c1)Cc1cc(C(=O)/C(CC3CC3)=N/OC(=O)CC)ccc1S2. The fourth-order valence-corrected chi connectivity index (χ4v) is 6.56. The van der Waals surface area contributed by atoms with Crippen LogP contribution in [0.1, 0.15) is 116 Å². The van der Waals surface area contributed by atoms with Crippen LogP contribution in [0.25, 0.3) is 0 Å². The minimum atomic E-state index is -0.472. The van der Waals surface area contributed by atoms with Gasteiger partial charge in [0.15, 0.2) is 0 Å². The van der Waals surface area contributed by atoms with Gasteiger partial charge in [0.1, 0.15) is 11.4 Å². The van der Waals surface area contributed by atoms with Crippen molar-refractivity contribution < 1.29 is 28.9 Å². The van der Waals surface area contributed by atoms with Gasteiger partial charge >= 0.3 is 11.9 Å². The molecule has 2 saturated carbocycles. The van der Waals surface area contributed by atoms with Crippen LogP contribution in [0.5, 0.6) is 0 Å². The number of ketones is 2. The molecule has 9 heteroatoms. The molecule has 0 unspecified atom stereocenters. The van der Waals surface area contributed by atoms with E-state index >= 15 is 0 Å². The molecule has 0 amide bonds. The summed E-state index contributed by atoms with van der Waals surface area (Å²) in [7, 11) is 0. The number of hydrogen-bond donors (Lipinski definition) is 0. The summed E-state index contributed by atoms with van der Waals surface area (Å²) < 4.78 is 0. The lowest BCUT2D eigenvalue weighted by atomic mass is 9.94. The second-order valence-electron chi connectivity index (χ2n) is 11.6. The molecule has 2 aromatic carbocycles. The summed E-state index contributed by atoms with van der Waals surface area (Å²) in [6, 6.07) is 11.3. The molecule has 1 aliphatic heterocycles. The first-order valence-electron chi connectivity index (χ1n) is 15.4. The molecule has 1 heterocycles. The van der Waals surface area contributed by atoms with Gasteiger partial charge < -0.3 is 9.68 Å². The Morgan fingerprint density at radius 3 is 1.81 bits per heavy atom. The minimum absolute atomic E-state index is 0.186. The Morgan fingerprint density at radius 1 is 0.744 bits per heavy atom. The van der Waals surface area contributed by atoms with Gasteiger partial charge in [-0.15, -0.1) is 0 Å².